The van der Waals surface area contributed by atoms with Crippen molar-refractivity contribution in [2.75, 3.05) is 13.7 Å². The molecule has 1 aromatic carbocycles. The van der Waals surface area contributed by atoms with Gasteiger partial charge in [0.2, 0.25) is 0 Å². The molecule has 0 saturated carbocycles. The van der Waals surface area contributed by atoms with E-state index in [1.54, 1.807) is 25.5 Å². The van der Waals surface area contributed by atoms with Crippen LogP contribution in [0, 0.1) is 0 Å². The predicted molar refractivity (Wildman–Crippen MR) is 84.3 cm³/mol. The van der Waals surface area contributed by atoms with E-state index in [-0.39, 0.29) is 6.04 Å². The third-order valence-corrected chi connectivity index (χ3v) is 3.07. The molecule has 0 radical (unpaired) electrons. The largest absolute Gasteiger partial charge is 0.383 e. The molecule has 0 saturated heterocycles. The normalized spacial score (nSPS) is 12.4. The lowest BCUT2D eigenvalue weighted by molar-refractivity contribution is 0.179. The lowest BCUT2D eigenvalue weighted by Gasteiger charge is -2.13. The Labute approximate surface area is 128 Å². The summed E-state index contributed by atoms with van der Waals surface area (Å²) >= 11 is 16.8. The van der Waals surface area contributed by atoms with Crippen LogP contribution in [-0.4, -0.2) is 31.1 Å². The van der Waals surface area contributed by atoms with Gasteiger partial charge in [0.15, 0.2) is 5.11 Å². The Balaban J connectivity index is 2.45. The van der Waals surface area contributed by atoms with Crippen LogP contribution in [0.25, 0.3) is 0 Å². The average Bonchev–Trinajstić information content (AvgIpc) is 2.34. The van der Waals surface area contributed by atoms with Crippen LogP contribution in [0.3, 0.4) is 0 Å². The van der Waals surface area contributed by atoms with Crippen LogP contribution < -0.4 is 10.7 Å². The molecule has 0 heterocycles. The third kappa shape index (κ3) is 6.20. The summed E-state index contributed by atoms with van der Waals surface area (Å²) in [4.78, 5) is 0. The van der Waals surface area contributed by atoms with Gasteiger partial charge in [-0.05, 0) is 36.8 Å². The summed E-state index contributed by atoms with van der Waals surface area (Å²) in [6, 6.07) is 5.36. The maximum absolute atomic E-state index is 5.89. The van der Waals surface area contributed by atoms with Crippen molar-refractivity contribution in [3.8, 4) is 0 Å². The topological polar surface area (TPSA) is 45.6 Å². The second-order valence-electron chi connectivity index (χ2n) is 3.87. The van der Waals surface area contributed by atoms with E-state index >= 15 is 0 Å². The first-order chi connectivity index (χ1) is 9.02. The number of rotatable bonds is 5. The summed E-state index contributed by atoms with van der Waals surface area (Å²) in [5.74, 6) is 0. The number of nitrogens with one attached hydrogen (secondary N) is 2. The van der Waals surface area contributed by atoms with Gasteiger partial charge in [-0.1, -0.05) is 29.3 Å². The number of thiocarbonyl (C=S) groups is 1. The van der Waals surface area contributed by atoms with Gasteiger partial charge in [-0.2, -0.15) is 5.10 Å². The summed E-state index contributed by atoms with van der Waals surface area (Å²) < 4.78 is 4.99. The molecule has 0 amide bonds. The molecule has 2 N–H and O–H groups in total. The van der Waals surface area contributed by atoms with Crippen LogP contribution >= 0.6 is 35.4 Å². The van der Waals surface area contributed by atoms with Gasteiger partial charge in [0.25, 0.3) is 0 Å². The molecular formula is C12H15Cl2N3OS. The zero-order chi connectivity index (χ0) is 14.3. The highest BCUT2D eigenvalue weighted by Crippen LogP contribution is 2.21. The van der Waals surface area contributed by atoms with Crippen LogP contribution in [0.5, 0.6) is 0 Å². The SMILES string of the molecule is COC[C@@H](C)NC(=S)N/N=C\c1ccc(Cl)c(Cl)c1. The molecule has 1 rings (SSSR count). The van der Waals surface area contributed by atoms with Gasteiger partial charge >= 0.3 is 0 Å². The number of hydrogen-bond acceptors (Lipinski definition) is 3. The summed E-state index contributed by atoms with van der Waals surface area (Å²) in [6.45, 7) is 2.53. The van der Waals surface area contributed by atoms with Crippen molar-refractivity contribution < 1.29 is 4.74 Å². The number of methoxy groups -OCH3 is 1. The van der Waals surface area contributed by atoms with E-state index in [0.29, 0.717) is 21.8 Å². The van der Waals surface area contributed by atoms with E-state index < -0.39 is 0 Å². The fraction of sp³-hybridized carbons (Fsp3) is 0.333. The molecule has 0 unspecified atom stereocenters. The molecule has 0 aliphatic rings. The molecule has 0 bridgehead atoms. The second kappa shape index (κ2) is 8.32. The van der Waals surface area contributed by atoms with Gasteiger partial charge in [0, 0.05) is 13.2 Å². The fourth-order valence-corrected chi connectivity index (χ4v) is 1.87. The summed E-state index contributed by atoms with van der Waals surface area (Å²) in [6.07, 6.45) is 1.61. The first-order valence-corrected chi connectivity index (χ1v) is 6.73. The fourth-order valence-electron chi connectivity index (χ4n) is 1.31. The third-order valence-electron chi connectivity index (χ3n) is 2.12. The van der Waals surface area contributed by atoms with Crippen LogP contribution in [0.1, 0.15) is 12.5 Å². The zero-order valence-corrected chi connectivity index (χ0v) is 12.9. The molecule has 0 aliphatic carbocycles. The smallest absolute Gasteiger partial charge is 0.187 e. The van der Waals surface area contributed by atoms with E-state index in [9.17, 15) is 0 Å². The minimum Gasteiger partial charge on any atom is -0.383 e. The Morgan fingerprint density at radius 1 is 1.47 bits per heavy atom. The maximum atomic E-state index is 5.89. The molecule has 1 atom stereocenters. The Kier molecular flexibility index (Phi) is 7.09. The number of halogens is 2. The summed E-state index contributed by atoms with van der Waals surface area (Å²) in [7, 11) is 1.64. The van der Waals surface area contributed by atoms with Crippen molar-refractivity contribution in [2.24, 2.45) is 5.10 Å². The summed E-state index contributed by atoms with van der Waals surface area (Å²) in [5.41, 5.74) is 3.54. The second-order valence-corrected chi connectivity index (χ2v) is 5.10. The number of hydrazone groups is 1. The van der Waals surface area contributed by atoms with E-state index in [1.807, 2.05) is 13.0 Å². The van der Waals surface area contributed by atoms with E-state index in [4.69, 9.17) is 40.2 Å². The molecule has 104 valence electrons. The molecule has 0 aliphatic heterocycles. The van der Waals surface area contributed by atoms with E-state index in [1.165, 1.54) is 0 Å². The average molecular weight is 320 g/mol. The molecule has 0 spiro atoms. The minimum absolute atomic E-state index is 0.116. The van der Waals surface area contributed by atoms with Crippen molar-refractivity contribution in [1.82, 2.24) is 10.7 Å². The molecule has 0 fully saturated rings. The van der Waals surface area contributed by atoms with E-state index in [0.717, 1.165) is 5.56 Å². The predicted octanol–water partition coefficient (Wildman–Crippen LogP) is 2.83. The van der Waals surface area contributed by atoms with Crippen molar-refractivity contribution in [3.05, 3.63) is 33.8 Å². The van der Waals surface area contributed by atoms with Crippen LogP contribution in [-0.2, 0) is 4.74 Å². The van der Waals surface area contributed by atoms with Gasteiger partial charge in [-0.3, -0.25) is 5.43 Å². The van der Waals surface area contributed by atoms with Crippen molar-refractivity contribution in [1.29, 1.82) is 0 Å². The zero-order valence-electron chi connectivity index (χ0n) is 10.6. The highest BCUT2D eigenvalue weighted by atomic mass is 35.5. The van der Waals surface area contributed by atoms with E-state index in [2.05, 4.69) is 15.8 Å². The van der Waals surface area contributed by atoms with Crippen LogP contribution in [0.4, 0.5) is 0 Å². The number of benzene rings is 1. The van der Waals surface area contributed by atoms with Crippen LogP contribution in [0.2, 0.25) is 10.0 Å². The number of hydrogen-bond donors (Lipinski definition) is 2. The van der Waals surface area contributed by atoms with Gasteiger partial charge < -0.3 is 10.1 Å². The molecule has 19 heavy (non-hydrogen) atoms. The number of ether oxygens (including phenoxy) is 1. The Hall–Kier alpha value is -0.880. The van der Waals surface area contributed by atoms with Gasteiger partial charge in [-0.25, -0.2) is 0 Å². The Morgan fingerprint density at radius 2 is 2.21 bits per heavy atom. The Morgan fingerprint density at radius 3 is 2.84 bits per heavy atom. The highest BCUT2D eigenvalue weighted by Gasteiger charge is 2.02. The lowest BCUT2D eigenvalue weighted by Crippen LogP contribution is -2.40. The first kappa shape index (κ1) is 16.2. The maximum Gasteiger partial charge on any atom is 0.187 e. The lowest BCUT2D eigenvalue weighted by atomic mass is 10.2. The van der Waals surface area contributed by atoms with Gasteiger partial charge in [0.1, 0.15) is 0 Å². The molecule has 1 aromatic rings. The van der Waals surface area contributed by atoms with Gasteiger partial charge in [0.05, 0.1) is 22.9 Å². The molecular weight excluding hydrogens is 305 g/mol. The van der Waals surface area contributed by atoms with Gasteiger partial charge in [-0.15, -0.1) is 0 Å². The molecule has 0 aromatic heterocycles. The van der Waals surface area contributed by atoms with Crippen LogP contribution in [0.15, 0.2) is 23.3 Å². The first-order valence-electron chi connectivity index (χ1n) is 5.56. The summed E-state index contributed by atoms with van der Waals surface area (Å²) in [5, 5.41) is 8.46. The minimum atomic E-state index is 0.116. The number of nitrogens with zero attached hydrogens (tertiary/aromatic N) is 1. The molecule has 7 heteroatoms. The molecule has 4 nitrogen and oxygen atoms in total. The van der Waals surface area contributed by atoms with Crippen molar-refractivity contribution >= 4 is 46.7 Å². The quantitative estimate of drug-likeness (QED) is 0.497. The Bertz CT molecular complexity index is 468. The standard InChI is InChI=1S/C12H15Cl2N3OS/c1-8(7-18-2)16-12(19)17-15-6-9-3-4-10(13)11(14)5-9/h3-6,8H,7H2,1-2H3,(H2,16,17,19)/b15-6-/t8-/m1/s1. The van der Waals surface area contributed by atoms with Crippen molar-refractivity contribution in [3.63, 3.8) is 0 Å². The highest BCUT2D eigenvalue weighted by molar-refractivity contribution is 7.80. The van der Waals surface area contributed by atoms with Crippen molar-refractivity contribution in [2.45, 2.75) is 13.0 Å². The monoisotopic (exact) mass is 319 g/mol.